The van der Waals surface area contributed by atoms with Crippen molar-refractivity contribution in [3.8, 4) is 0 Å². The summed E-state index contributed by atoms with van der Waals surface area (Å²) in [7, 11) is 0. The van der Waals surface area contributed by atoms with Crippen molar-refractivity contribution < 1.29 is 0 Å². The van der Waals surface area contributed by atoms with Crippen LogP contribution in [0.15, 0.2) is 6.07 Å². The van der Waals surface area contributed by atoms with Crippen molar-refractivity contribution >= 4 is 11.3 Å². The SMILES string of the molecule is C[C-](C)c1cc2c(s1)C1CCC2C1. The molecule has 2 aliphatic carbocycles. The van der Waals surface area contributed by atoms with Crippen LogP contribution in [0.25, 0.3) is 0 Å². The summed E-state index contributed by atoms with van der Waals surface area (Å²) in [5.41, 5.74) is 1.71. The molecule has 2 atom stereocenters. The highest BCUT2D eigenvalue weighted by Gasteiger charge is 2.36. The minimum atomic E-state index is 0.935. The summed E-state index contributed by atoms with van der Waals surface area (Å²) in [4.78, 5) is 3.26. The highest BCUT2D eigenvalue weighted by molar-refractivity contribution is 7.12. The van der Waals surface area contributed by atoms with E-state index < -0.39 is 0 Å². The van der Waals surface area contributed by atoms with Gasteiger partial charge in [0.25, 0.3) is 0 Å². The summed E-state index contributed by atoms with van der Waals surface area (Å²) in [6, 6.07) is 2.46. The van der Waals surface area contributed by atoms with E-state index in [4.69, 9.17) is 0 Å². The molecule has 0 amide bonds. The van der Waals surface area contributed by atoms with Gasteiger partial charge in [-0.3, -0.25) is 0 Å². The van der Waals surface area contributed by atoms with Crippen LogP contribution in [0.1, 0.15) is 60.3 Å². The summed E-state index contributed by atoms with van der Waals surface area (Å²) in [5, 5.41) is 0. The molecule has 2 unspecified atom stereocenters. The maximum Gasteiger partial charge on any atom is -0.00755 e. The first-order chi connectivity index (χ1) is 6.25. The molecule has 13 heavy (non-hydrogen) atoms. The smallest absolute Gasteiger partial charge is 0.00755 e. The van der Waals surface area contributed by atoms with Gasteiger partial charge in [-0.15, -0.1) is 24.3 Å². The zero-order chi connectivity index (χ0) is 9.00. The number of thiophene rings is 1. The molecule has 1 aromatic heterocycles. The molecule has 70 valence electrons. The van der Waals surface area contributed by atoms with Gasteiger partial charge in [0, 0.05) is 0 Å². The van der Waals surface area contributed by atoms with E-state index in [0.717, 1.165) is 11.8 Å². The van der Waals surface area contributed by atoms with Gasteiger partial charge in [-0.1, -0.05) is 0 Å². The molecule has 0 radical (unpaired) electrons. The molecular weight excluding hydrogens is 176 g/mol. The van der Waals surface area contributed by atoms with Crippen molar-refractivity contribution in [3.63, 3.8) is 0 Å². The van der Waals surface area contributed by atoms with Crippen LogP contribution < -0.4 is 0 Å². The number of fused-ring (bicyclic) bond motifs is 5. The molecule has 1 saturated carbocycles. The van der Waals surface area contributed by atoms with E-state index in [0.29, 0.717) is 0 Å². The predicted octanol–water partition coefficient (Wildman–Crippen LogP) is 4.08. The van der Waals surface area contributed by atoms with Crippen molar-refractivity contribution in [2.75, 3.05) is 0 Å². The third kappa shape index (κ3) is 0.999. The van der Waals surface area contributed by atoms with Crippen LogP contribution in [0.3, 0.4) is 0 Å². The lowest BCUT2D eigenvalue weighted by atomic mass is 9.98. The van der Waals surface area contributed by atoms with E-state index in [1.165, 1.54) is 30.1 Å². The monoisotopic (exact) mass is 191 g/mol. The molecule has 2 aliphatic rings. The van der Waals surface area contributed by atoms with Gasteiger partial charge in [0.05, 0.1) is 0 Å². The van der Waals surface area contributed by atoms with E-state index in [9.17, 15) is 0 Å². The van der Waals surface area contributed by atoms with Crippen molar-refractivity contribution in [1.82, 2.24) is 0 Å². The number of hydrogen-bond acceptors (Lipinski definition) is 1. The fourth-order valence-corrected chi connectivity index (χ4v) is 4.16. The lowest BCUT2D eigenvalue weighted by Crippen LogP contribution is -1.91. The topological polar surface area (TPSA) is 0 Å². The third-order valence-electron chi connectivity index (χ3n) is 3.53. The first kappa shape index (κ1) is 7.93. The van der Waals surface area contributed by atoms with Crippen molar-refractivity contribution in [2.45, 2.75) is 44.9 Å². The maximum absolute atomic E-state index is 2.46. The van der Waals surface area contributed by atoms with Crippen LogP contribution in [-0.2, 0) is 0 Å². The Balaban J connectivity index is 2.07. The Morgan fingerprint density at radius 2 is 2.08 bits per heavy atom. The van der Waals surface area contributed by atoms with E-state index >= 15 is 0 Å². The van der Waals surface area contributed by atoms with E-state index in [2.05, 4.69) is 31.3 Å². The maximum atomic E-state index is 2.46. The summed E-state index contributed by atoms with van der Waals surface area (Å²) in [5.74, 6) is 3.36. The predicted molar refractivity (Wildman–Crippen MR) is 57.3 cm³/mol. The minimum Gasteiger partial charge on any atom is -0.205 e. The molecule has 0 spiro atoms. The Hall–Kier alpha value is -0.430. The van der Waals surface area contributed by atoms with Gasteiger partial charge >= 0.3 is 0 Å². The molecular formula is C12H15S-. The largest absolute Gasteiger partial charge is 0.205 e. The Morgan fingerprint density at radius 3 is 2.77 bits per heavy atom. The Kier molecular flexibility index (Phi) is 1.55. The van der Waals surface area contributed by atoms with Gasteiger partial charge in [-0.2, -0.15) is 17.4 Å². The highest BCUT2D eigenvalue weighted by atomic mass is 32.1. The molecule has 0 aliphatic heterocycles. The first-order valence-corrected chi connectivity index (χ1v) is 6.01. The van der Waals surface area contributed by atoms with E-state index in [-0.39, 0.29) is 0 Å². The standard InChI is InChI=1S/C12H15S/c1-7(2)11-6-10-8-3-4-9(5-8)12(10)13-11/h6,8-9H,3-5H2,1-2H3/q-1. The quantitative estimate of drug-likeness (QED) is 0.587. The van der Waals surface area contributed by atoms with Crippen LogP contribution in [0.4, 0.5) is 0 Å². The van der Waals surface area contributed by atoms with E-state index in [1.807, 2.05) is 0 Å². The van der Waals surface area contributed by atoms with Crippen molar-refractivity contribution in [2.24, 2.45) is 0 Å². The van der Waals surface area contributed by atoms with Crippen LogP contribution >= 0.6 is 11.3 Å². The molecule has 0 aromatic carbocycles. The summed E-state index contributed by atoms with van der Waals surface area (Å²) in [6.07, 6.45) is 4.38. The molecule has 1 fully saturated rings. The zero-order valence-electron chi connectivity index (χ0n) is 8.26. The Labute approximate surface area is 84.0 Å². The summed E-state index contributed by atoms with van der Waals surface area (Å²) in [6.45, 7) is 4.45. The second-order valence-corrected chi connectivity index (χ2v) is 5.72. The van der Waals surface area contributed by atoms with Gasteiger partial charge in [-0.05, 0) is 36.0 Å². The molecule has 1 heteroatoms. The summed E-state index contributed by atoms with van der Waals surface area (Å²) < 4.78 is 0. The second-order valence-electron chi connectivity index (χ2n) is 4.64. The molecule has 3 rings (SSSR count). The normalized spacial score (nSPS) is 29.4. The van der Waals surface area contributed by atoms with Crippen LogP contribution in [-0.4, -0.2) is 0 Å². The molecule has 2 bridgehead atoms. The van der Waals surface area contributed by atoms with Crippen molar-refractivity contribution in [3.05, 3.63) is 27.3 Å². The van der Waals surface area contributed by atoms with Gasteiger partial charge in [0.15, 0.2) is 0 Å². The van der Waals surface area contributed by atoms with Crippen LogP contribution in [0.2, 0.25) is 0 Å². The molecule has 0 N–H and O–H groups in total. The molecule has 1 heterocycles. The first-order valence-electron chi connectivity index (χ1n) is 5.20. The second kappa shape index (κ2) is 2.54. The van der Waals surface area contributed by atoms with Crippen molar-refractivity contribution in [1.29, 1.82) is 0 Å². The van der Waals surface area contributed by atoms with Gasteiger partial charge < -0.3 is 0 Å². The zero-order valence-corrected chi connectivity index (χ0v) is 9.08. The van der Waals surface area contributed by atoms with Crippen LogP contribution in [0, 0.1) is 5.92 Å². The number of rotatable bonds is 1. The van der Waals surface area contributed by atoms with Gasteiger partial charge in [0.1, 0.15) is 0 Å². The summed E-state index contributed by atoms with van der Waals surface area (Å²) >= 11 is 2.06. The van der Waals surface area contributed by atoms with Gasteiger partial charge in [-0.25, -0.2) is 5.92 Å². The number of hydrogen-bond donors (Lipinski definition) is 0. The van der Waals surface area contributed by atoms with Gasteiger partial charge in [0.2, 0.25) is 0 Å². The lowest BCUT2D eigenvalue weighted by Gasteiger charge is -2.12. The minimum absolute atomic E-state index is 0.935. The molecule has 0 saturated heterocycles. The Bertz CT molecular complexity index is 307. The molecule has 1 aromatic rings. The highest BCUT2D eigenvalue weighted by Crippen LogP contribution is 2.56. The van der Waals surface area contributed by atoms with Crippen LogP contribution in [0.5, 0.6) is 0 Å². The average molecular weight is 191 g/mol. The van der Waals surface area contributed by atoms with E-state index in [1.54, 1.807) is 10.4 Å². The fraction of sp³-hybridized carbons (Fsp3) is 0.583. The lowest BCUT2D eigenvalue weighted by molar-refractivity contribution is 0.728. The fourth-order valence-electron chi connectivity index (χ4n) is 2.81. The Morgan fingerprint density at radius 1 is 1.31 bits per heavy atom. The average Bonchev–Trinajstić information content (AvgIpc) is 2.76. The third-order valence-corrected chi connectivity index (χ3v) is 5.06. The molecule has 0 nitrogen and oxygen atoms in total.